The lowest BCUT2D eigenvalue weighted by atomic mass is 10.3. The van der Waals surface area contributed by atoms with Crippen molar-refractivity contribution in [3.8, 4) is 6.07 Å². The van der Waals surface area contributed by atoms with E-state index in [1.807, 2.05) is 0 Å². The molecule has 15 heavy (non-hydrogen) atoms. The summed E-state index contributed by atoms with van der Waals surface area (Å²) in [6.07, 6.45) is 0. The highest BCUT2D eigenvalue weighted by Crippen LogP contribution is 2.51. The van der Waals surface area contributed by atoms with Crippen molar-refractivity contribution in [3.05, 3.63) is 11.3 Å². The van der Waals surface area contributed by atoms with E-state index in [1.165, 1.54) is 0 Å². The maximum Gasteiger partial charge on any atom is 0.530 e. The molecule has 0 amide bonds. The topological polar surface area (TPSA) is 68.6 Å². The van der Waals surface area contributed by atoms with Crippen LogP contribution in [-0.4, -0.2) is 13.2 Å². The van der Waals surface area contributed by atoms with Crippen molar-refractivity contribution in [2.75, 3.05) is 13.2 Å². The molecule has 5 nitrogen and oxygen atoms in total. The molecule has 0 rings (SSSR count). The van der Waals surface area contributed by atoms with Crippen molar-refractivity contribution in [2.45, 2.75) is 27.7 Å². The summed E-state index contributed by atoms with van der Waals surface area (Å²) in [5.74, 6) is -0.0276. The molecule has 86 valence electrons. The number of nitrogens with zero attached hydrogens (tertiary/aromatic N) is 1. The maximum absolute atomic E-state index is 11.8. The van der Waals surface area contributed by atoms with Crippen LogP contribution in [0.1, 0.15) is 27.7 Å². The summed E-state index contributed by atoms with van der Waals surface area (Å²) >= 11 is 0. The Labute approximate surface area is 90.3 Å². The monoisotopic (exact) mass is 233 g/mol. The van der Waals surface area contributed by atoms with Crippen molar-refractivity contribution < 1.29 is 18.1 Å². The van der Waals surface area contributed by atoms with E-state index < -0.39 is 7.82 Å². The highest BCUT2D eigenvalue weighted by molar-refractivity contribution is 7.48. The van der Waals surface area contributed by atoms with E-state index in [9.17, 15) is 4.57 Å². The minimum Gasteiger partial charge on any atom is -0.393 e. The molecule has 0 saturated heterocycles. The second-order valence-electron chi connectivity index (χ2n) is 2.81. The van der Waals surface area contributed by atoms with Crippen molar-refractivity contribution in [1.29, 1.82) is 5.26 Å². The van der Waals surface area contributed by atoms with Crippen LogP contribution in [0, 0.1) is 11.3 Å². The van der Waals surface area contributed by atoms with Gasteiger partial charge in [-0.2, -0.15) is 5.26 Å². The number of phosphoric ester groups is 1. The van der Waals surface area contributed by atoms with Gasteiger partial charge in [0, 0.05) is 0 Å². The van der Waals surface area contributed by atoms with Crippen molar-refractivity contribution in [2.24, 2.45) is 0 Å². The molecule has 0 aromatic rings. The minimum atomic E-state index is -3.63. The Hall–Kier alpha value is -0.820. The van der Waals surface area contributed by atoms with E-state index >= 15 is 0 Å². The Bertz CT molecular complexity index is 305. The van der Waals surface area contributed by atoms with Crippen LogP contribution in [0.3, 0.4) is 0 Å². The quantitative estimate of drug-likeness (QED) is 0.400. The molecule has 0 heterocycles. The molecule has 0 spiro atoms. The normalized spacial score (nSPS) is 10.6. The summed E-state index contributed by atoms with van der Waals surface area (Å²) in [7, 11) is -3.63. The van der Waals surface area contributed by atoms with Crippen LogP contribution < -0.4 is 0 Å². The first-order chi connectivity index (χ1) is 6.99. The lowest BCUT2D eigenvalue weighted by molar-refractivity contribution is 0.148. The molecule has 0 saturated carbocycles. The van der Waals surface area contributed by atoms with Gasteiger partial charge in [0.15, 0.2) is 0 Å². The molecule has 0 N–H and O–H groups in total. The van der Waals surface area contributed by atoms with Crippen LogP contribution in [0.2, 0.25) is 0 Å². The lowest BCUT2D eigenvalue weighted by Crippen LogP contribution is -2.00. The van der Waals surface area contributed by atoms with Gasteiger partial charge in [0.2, 0.25) is 5.76 Å². The average molecular weight is 233 g/mol. The summed E-state index contributed by atoms with van der Waals surface area (Å²) in [6.45, 7) is 7.09. The third kappa shape index (κ3) is 4.98. The zero-order valence-electron chi connectivity index (χ0n) is 9.44. The van der Waals surface area contributed by atoms with E-state index in [0.717, 1.165) is 0 Å². The van der Waals surface area contributed by atoms with Gasteiger partial charge in [-0.1, -0.05) is 0 Å². The largest absolute Gasteiger partial charge is 0.530 e. The smallest absolute Gasteiger partial charge is 0.393 e. The van der Waals surface area contributed by atoms with E-state index in [1.54, 1.807) is 33.8 Å². The molecule has 6 heteroatoms. The highest BCUT2D eigenvalue weighted by atomic mass is 31.2. The van der Waals surface area contributed by atoms with Gasteiger partial charge in [0.1, 0.15) is 6.07 Å². The lowest BCUT2D eigenvalue weighted by Gasteiger charge is -2.16. The first kappa shape index (κ1) is 14.2. The Morgan fingerprint density at radius 3 is 2.00 bits per heavy atom. The summed E-state index contributed by atoms with van der Waals surface area (Å²) in [4.78, 5) is 0. The molecular weight excluding hydrogens is 217 g/mol. The van der Waals surface area contributed by atoms with Crippen LogP contribution in [-0.2, 0) is 18.1 Å². The van der Waals surface area contributed by atoms with Crippen LogP contribution in [0.5, 0.6) is 0 Å². The third-order valence-corrected chi connectivity index (χ3v) is 2.89. The third-order valence-electron chi connectivity index (χ3n) is 1.33. The molecule has 0 radical (unpaired) electrons. The summed E-state index contributed by atoms with van der Waals surface area (Å²) in [5, 5.41) is 8.73. The summed E-state index contributed by atoms with van der Waals surface area (Å²) < 4.78 is 26.6. The van der Waals surface area contributed by atoms with E-state index in [-0.39, 0.29) is 19.0 Å². The zero-order valence-corrected chi connectivity index (χ0v) is 10.3. The Balaban J connectivity index is 4.77. The van der Waals surface area contributed by atoms with Gasteiger partial charge < -0.3 is 4.52 Å². The molecule has 0 unspecified atom stereocenters. The number of hydrogen-bond acceptors (Lipinski definition) is 5. The summed E-state index contributed by atoms with van der Waals surface area (Å²) in [5.41, 5.74) is 0.622. The van der Waals surface area contributed by atoms with E-state index in [4.69, 9.17) is 18.8 Å². The van der Waals surface area contributed by atoms with Crippen LogP contribution in [0.25, 0.3) is 0 Å². The molecule has 0 aliphatic carbocycles. The molecule has 0 fully saturated rings. The number of rotatable bonds is 6. The molecule has 0 aromatic heterocycles. The second kappa shape index (κ2) is 6.62. The van der Waals surface area contributed by atoms with Gasteiger partial charge >= 0.3 is 7.82 Å². The Morgan fingerprint density at radius 2 is 1.73 bits per heavy atom. The van der Waals surface area contributed by atoms with Crippen LogP contribution >= 0.6 is 7.82 Å². The fourth-order valence-corrected chi connectivity index (χ4v) is 2.00. The predicted octanol–water partition coefficient (Wildman–Crippen LogP) is 3.00. The molecule has 0 aliphatic heterocycles. The number of allylic oxidation sites excluding steroid dienone is 2. The molecule has 0 aromatic carbocycles. The van der Waals surface area contributed by atoms with Crippen molar-refractivity contribution >= 4 is 7.82 Å². The van der Waals surface area contributed by atoms with Crippen LogP contribution in [0.4, 0.5) is 0 Å². The number of phosphoric acid groups is 1. The number of nitriles is 1. The predicted molar refractivity (Wildman–Crippen MR) is 55.9 cm³/mol. The first-order valence-corrected chi connectivity index (χ1v) is 6.11. The highest BCUT2D eigenvalue weighted by Gasteiger charge is 2.28. The molecule has 0 bridgehead atoms. The van der Waals surface area contributed by atoms with Crippen LogP contribution in [0.15, 0.2) is 11.3 Å². The first-order valence-electron chi connectivity index (χ1n) is 4.65. The van der Waals surface area contributed by atoms with Gasteiger partial charge in [-0.05, 0) is 33.3 Å². The minimum absolute atomic E-state index is 0.0276. The van der Waals surface area contributed by atoms with Crippen molar-refractivity contribution in [3.63, 3.8) is 0 Å². The second-order valence-corrected chi connectivity index (χ2v) is 4.41. The molecule has 0 aliphatic rings. The van der Waals surface area contributed by atoms with Gasteiger partial charge in [0.25, 0.3) is 0 Å². The summed E-state index contributed by atoms with van der Waals surface area (Å²) in [6, 6.07) is 1.80. The van der Waals surface area contributed by atoms with E-state index in [2.05, 4.69) is 0 Å². The standard InChI is InChI=1S/C9H16NO4P/c1-5-12-15(11,13-6-2)14-9(7-10)8(3)4/h5-6H2,1-4H3. The maximum atomic E-state index is 11.8. The van der Waals surface area contributed by atoms with Crippen molar-refractivity contribution in [1.82, 2.24) is 0 Å². The fraction of sp³-hybridized carbons (Fsp3) is 0.667. The zero-order chi connectivity index (χ0) is 11.9. The molecular formula is C9H16NO4P. The molecule has 0 atom stereocenters. The van der Waals surface area contributed by atoms with Gasteiger partial charge in [-0.15, -0.1) is 0 Å². The Kier molecular flexibility index (Phi) is 6.26. The van der Waals surface area contributed by atoms with Gasteiger partial charge in [-0.3, -0.25) is 9.05 Å². The van der Waals surface area contributed by atoms with E-state index in [0.29, 0.717) is 5.57 Å². The Morgan fingerprint density at radius 1 is 1.27 bits per heavy atom. The number of hydrogen-bond donors (Lipinski definition) is 0. The SMILES string of the molecule is CCOP(=O)(OCC)OC(C#N)=C(C)C. The fourth-order valence-electron chi connectivity index (χ4n) is 0.742. The van der Waals surface area contributed by atoms with Gasteiger partial charge in [-0.25, -0.2) is 4.57 Å². The van der Waals surface area contributed by atoms with Gasteiger partial charge in [0.05, 0.1) is 13.2 Å². The average Bonchev–Trinajstić information content (AvgIpc) is 2.14.